The average Bonchev–Trinajstić information content (AvgIpc) is 2.93. The maximum atomic E-state index is 11.8. The van der Waals surface area contributed by atoms with Crippen molar-refractivity contribution in [2.24, 2.45) is 0 Å². The summed E-state index contributed by atoms with van der Waals surface area (Å²) < 4.78 is 1.51. The Kier molecular flexibility index (Phi) is 4.57. The van der Waals surface area contributed by atoms with Gasteiger partial charge in [-0.2, -0.15) is 4.68 Å². The van der Waals surface area contributed by atoms with E-state index in [0.717, 1.165) is 18.7 Å². The number of nitrogens with zero attached hydrogens (tertiary/aromatic N) is 4. The molecular formula is C12H16N6O. The minimum Gasteiger partial charge on any atom is -0.323 e. The Morgan fingerprint density at radius 3 is 2.95 bits per heavy atom. The Balaban J connectivity index is 2.06. The normalized spacial score (nSPS) is 10.4. The number of hydrogen-bond acceptors (Lipinski definition) is 5. The largest absolute Gasteiger partial charge is 0.323 e. The first kappa shape index (κ1) is 13.2. The number of carbonyl (C=O) groups excluding carboxylic acids is 1. The molecule has 0 aliphatic rings. The maximum absolute atomic E-state index is 11.8. The van der Waals surface area contributed by atoms with Crippen LogP contribution in [0, 0.1) is 0 Å². The van der Waals surface area contributed by atoms with Crippen LogP contribution in [-0.2, 0) is 4.79 Å². The highest BCUT2D eigenvalue weighted by Gasteiger charge is 2.08. The molecule has 2 aromatic rings. The minimum atomic E-state index is -0.0889. The van der Waals surface area contributed by atoms with E-state index in [-0.39, 0.29) is 12.5 Å². The number of para-hydroxylation sites is 2. The van der Waals surface area contributed by atoms with Gasteiger partial charge in [-0.15, -0.1) is 5.10 Å². The molecule has 100 valence electrons. The zero-order chi connectivity index (χ0) is 13.5. The van der Waals surface area contributed by atoms with E-state index in [2.05, 4.69) is 33.1 Å². The lowest BCUT2D eigenvalue weighted by atomic mass is 10.2. The second-order valence-electron chi connectivity index (χ2n) is 4.00. The molecule has 0 atom stereocenters. The molecular weight excluding hydrogens is 244 g/mol. The number of anilines is 1. The van der Waals surface area contributed by atoms with Crippen molar-refractivity contribution in [2.75, 3.05) is 18.4 Å². The summed E-state index contributed by atoms with van der Waals surface area (Å²) in [5, 5.41) is 16.9. The van der Waals surface area contributed by atoms with Crippen LogP contribution in [0.5, 0.6) is 0 Å². The molecule has 2 rings (SSSR count). The third-order valence-electron chi connectivity index (χ3n) is 2.49. The molecule has 2 N–H and O–H groups in total. The molecule has 1 aromatic carbocycles. The summed E-state index contributed by atoms with van der Waals surface area (Å²) in [7, 11) is 0. The van der Waals surface area contributed by atoms with Gasteiger partial charge in [-0.05, 0) is 35.5 Å². The zero-order valence-electron chi connectivity index (χ0n) is 10.7. The smallest absolute Gasteiger partial charge is 0.238 e. The maximum Gasteiger partial charge on any atom is 0.238 e. The van der Waals surface area contributed by atoms with Crippen molar-refractivity contribution in [3.63, 3.8) is 0 Å². The van der Waals surface area contributed by atoms with Crippen molar-refractivity contribution in [3.8, 4) is 5.69 Å². The first-order chi connectivity index (χ1) is 9.31. The number of amides is 1. The average molecular weight is 260 g/mol. The summed E-state index contributed by atoms with van der Waals surface area (Å²) in [4.78, 5) is 11.8. The van der Waals surface area contributed by atoms with E-state index in [1.165, 1.54) is 11.0 Å². The van der Waals surface area contributed by atoms with E-state index in [4.69, 9.17) is 0 Å². The lowest BCUT2D eigenvalue weighted by Gasteiger charge is -2.10. The molecule has 7 heteroatoms. The van der Waals surface area contributed by atoms with Gasteiger partial charge in [0, 0.05) is 0 Å². The van der Waals surface area contributed by atoms with Crippen molar-refractivity contribution < 1.29 is 4.79 Å². The Morgan fingerprint density at radius 2 is 2.21 bits per heavy atom. The topological polar surface area (TPSA) is 84.7 Å². The van der Waals surface area contributed by atoms with Gasteiger partial charge in [-0.3, -0.25) is 4.79 Å². The molecule has 0 aliphatic heterocycles. The Hall–Kier alpha value is -2.28. The second-order valence-corrected chi connectivity index (χ2v) is 4.00. The van der Waals surface area contributed by atoms with E-state index in [0.29, 0.717) is 5.69 Å². The number of aromatic nitrogens is 4. The predicted molar refractivity (Wildman–Crippen MR) is 70.9 cm³/mol. The van der Waals surface area contributed by atoms with Crippen LogP contribution in [0.25, 0.3) is 5.69 Å². The molecule has 0 aliphatic carbocycles. The van der Waals surface area contributed by atoms with E-state index < -0.39 is 0 Å². The fourth-order valence-electron chi connectivity index (χ4n) is 1.62. The van der Waals surface area contributed by atoms with Gasteiger partial charge >= 0.3 is 0 Å². The summed E-state index contributed by atoms with van der Waals surface area (Å²) in [6, 6.07) is 7.37. The molecule has 1 aromatic heterocycles. The Labute approximate surface area is 111 Å². The molecule has 1 heterocycles. The molecule has 0 saturated carbocycles. The van der Waals surface area contributed by atoms with Crippen LogP contribution in [0.1, 0.15) is 13.3 Å². The van der Waals surface area contributed by atoms with E-state index in [9.17, 15) is 4.79 Å². The SMILES string of the molecule is CCCNCC(=O)Nc1ccccc1-n1cnnn1. The lowest BCUT2D eigenvalue weighted by molar-refractivity contribution is -0.115. The van der Waals surface area contributed by atoms with Gasteiger partial charge in [0.2, 0.25) is 5.91 Å². The Morgan fingerprint density at radius 1 is 1.37 bits per heavy atom. The van der Waals surface area contributed by atoms with Crippen LogP contribution >= 0.6 is 0 Å². The molecule has 0 bridgehead atoms. The number of hydrogen-bond donors (Lipinski definition) is 2. The molecule has 0 unspecified atom stereocenters. The lowest BCUT2D eigenvalue weighted by Crippen LogP contribution is -2.28. The monoisotopic (exact) mass is 260 g/mol. The van der Waals surface area contributed by atoms with E-state index >= 15 is 0 Å². The first-order valence-electron chi connectivity index (χ1n) is 6.14. The van der Waals surface area contributed by atoms with Gasteiger partial charge in [0.05, 0.1) is 17.9 Å². The summed E-state index contributed by atoms with van der Waals surface area (Å²) in [5.41, 5.74) is 1.41. The Bertz CT molecular complexity index is 525. The predicted octanol–water partition coefficient (Wildman–Crippen LogP) is 0.600. The third-order valence-corrected chi connectivity index (χ3v) is 2.49. The van der Waals surface area contributed by atoms with Crippen LogP contribution in [0.2, 0.25) is 0 Å². The van der Waals surface area contributed by atoms with Gasteiger partial charge in [-0.1, -0.05) is 19.1 Å². The standard InChI is InChI=1S/C12H16N6O/c1-2-7-13-8-12(19)15-10-5-3-4-6-11(10)18-9-14-16-17-18/h3-6,9,13H,2,7-8H2,1H3,(H,15,19). The van der Waals surface area contributed by atoms with Gasteiger partial charge < -0.3 is 10.6 Å². The molecule has 19 heavy (non-hydrogen) atoms. The van der Waals surface area contributed by atoms with Crippen LogP contribution in [0.15, 0.2) is 30.6 Å². The quantitative estimate of drug-likeness (QED) is 0.743. The number of carbonyl (C=O) groups is 1. The molecule has 0 saturated heterocycles. The van der Waals surface area contributed by atoms with Crippen molar-refractivity contribution in [2.45, 2.75) is 13.3 Å². The van der Waals surface area contributed by atoms with Crippen molar-refractivity contribution >= 4 is 11.6 Å². The number of nitrogens with one attached hydrogen (secondary N) is 2. The zero-order valence-corrected chi connectivity index (χ0v) is 10.7. The number of rotatable bonds is 6. The van der Waals surface area contributed by atoms with Crippen LogP contribution in [0.3, 0.4) is 0 Å². The first-order valence-corrected chi connectivity index (χ1v) is 6.14. The highest BCUT2D eigenvalue weighted by atomic mass is 16.1. The molecule has 0 radical (unpaired) electrons. The molecule has 7 nitrogen and oxygen atoms in total. The van der Waals surface area contributed by atoms with Crippen molar-refractivity contribution in [1.82, 2.24) is 25.5 Å². The fourth-order valence-corrected chi connectivity index (χ4v) is 1.62. The summed E-state index contributed by atoms with van der Waals surface area (Å²) >= 11 is 0. The third kappa shape index (κ3) is 3.59. The van der Waals surface area contributed by atoms with E-state index in [1.807, 2.05) is 24.3 Å². The summed E-state index contributed by atoms with van der Waals surface area (Å²) in [6.45, 7) is 3.16. The second kappa shape index (κ2) is 6.60. The van der Waals surface area contributed by atoms with E-state index in [1.54, 1.807) is 0 Å². The molecule has 0 fully saturated rings. The van der Waals surface area contributed by atoms with Gasteiger partial charge in [0.1, 0.15) is 6.33 Å². The van der Waals surface area contributed by atoms with Crippen molar-refractivity contribution in [1.29, 1.82) is 0 Å². The number of benzene rings is 1. The van der Waals surface area contributed by atoms with Crippen LogP contribution in [0.4, 0.5) is 5.69 Å². The number of tetrazole rings is 1. The molecule has 1 amide bonds. The van der Waals surface area contributed by atoms with Gasteiger partial charge in [-0.25, -0.2) is 0 Å². The highest BCUT2D eigenvalue weighted by molar-refractivity contribution is 5.94. The van der Waals surface area contributed by atoms with Crippen LogP contribution < -0.4 is 10.6 Å². The fraction of sp³-hybridized carbons (Fsp3) is 0.333. The summed E-state index contributed by atoms with van der Waals surface area (Å²) in [5.74, 6) is -0.0889. The minimum absolute atomic E-state index is 0.0889. The highest BCUT2D eigenvalue weighted by Crippen LogP contribution is 2.17. The molecule has 0 spiro atoms. The van der Waals surface area contributed by atoms with Gasteiger partial charge in [0.25, 0.3) is 0 Å². The van der Waals surface area contributed by atoms with Crippen LogP contribution in [-0.4, -0.2) is 39.2 Å². The summed E-state index contributed by atoms with van der Waals surface area (Å²) in [6.07, 6.45) is 2.48. The van der Waals surface area contributed by atoms with Crippen molar-refractivity contribution in [3.05, 3.63) is 30.6 Å². The van der Waals surface area contributed by atoms with Gasteiger partial charge in [0.15, 0.2) is 0 Å².